The third kappa shape index (κ3) is 5.42. The van der Waals surface area contributed by atoms with E-state index >= 15 is 0 Å². The zero-order chi connectivity index (χ0) is 16.7. The van der Waals surface area contributed by atoms with E-state index < -0.39 is 0 Å². The summed E-state index contributed by atoms with van der Waals surface area (Å²) in [5.41, 5.74) is 0.966. The van der Waals surface area contributed by atoms with Gasteiger partial charge in [0.15, 0.2) is 0 Å². The molecule has 1 amide bonds. The van der Waals surface area contributed by atoms with Gasteiger partial charge in [-0.1, -0.05) is 12.1 Å². The zero-order valence-corrected chi connectivity index (χ0v) is 14.7. The van der Waals surface area contributed by atoms with E-state index in [0.717, 1.165) is 21.8 Å². The molecule has 0 saturated carbocycles. The summed E-state index contributed by atoms with van der Waals surface area (Å²) < 4.78 is 6.22. The summed E-state index contributed by atoms with van der Waals surface area (Å²) in [5.74, 6) is -0.0110. The van der Waals surface area contributed by atoms with Crippen LogP contribution in [0.3, 0.4) is 0 Å². The molecule has 0 fully saturated rings. The van der Waals surface area contributed by atoms with Gasteiger partial charge in [0.25, 0.3) is 0 Å². The van der Waals surface area contributed by atoms with Crippen molar-refractivity contribution in [2.45, 2.75) is 0 Å². The molecule has 0 unspecified atom stereocenters. The number of thiazole rings is 1. The number of hydrogen-bond acceptors (Lipinski definition) is 5. The summed E-state index contributed by atoms with van der Waals surface area (Å²) in [4.78, 5) is 20.8. The average molecular weight is 333 g/mol. The summed E-state index contributed by atoms with van der Waals surface area (Å²) in [6, 6.07) is 7.97. The molecule has 2 rings (SSSR count). The number of rotatable bonds is 8. The first-order valence-electron chi connectivity index (χ1n) is 7.56. The maximum absolute atomic E-state index is 12.4. The van der Waals surface area contributed by atoms with Crippen LogP contribution in [0.4, 0.5) is 0 Å². The molecule has 0 N–H and O–H groups in total. The molecule has 1 aromatic heterocycles. The van der Waals surface area contributed by atoms with Crippen molar-refractivity contribution in [1.82, 2.24) is 14.8 Å². The fraction of sp³-hybridized carbons (Fsp3) is 0.412. The van der Waals surface area contributed by atoms with E-state index in [4.69, 9.17) is 4.74 Å². The highest BCUT2D eigenvalue weighted by Gasteiger charge is 2.11. The number of carbonyl (C=O) groups excluding carboxylic acids is 1. The van der Waals surface area contributed by atoms with Gasteiger partial charge in [0.05, 0.1) is 16.8 Å². The molecule has 0 saturated heterocycles. The van der Waals surface area contributed by atoms with E-state index in [-0.39, 0.29) is 5.91 Å². The maximum Gasteiger partial charge on any atom is 0.246 e. The number of amides is 1. The van der Waals surface area contributed by atoms with E-state index in [9.17, 15) is 4.79 Å². The van der Waals surface area contributed by atoms with Gasteiger partial charge in [-0.25, -0.2) is 4.98 Å². The lowest BCUT2D eigenvalue weighted by Crippen LogP contribution is -2.37. The predicted octanol–water partition coefficient (Wildman–Crippen LogP) is 2.35. The normalized spacial score (nSPS) is 11.7. The van der Waals surface area contributed by atoms with Crippen molar-refractivity contribution in [3.05, 3.63) is 35.3 Å². The first-order chi connectivity index (χ1) is 11.1. The van der Waals surface area contributed by atoms with Crippen LogP contribution in [0.2, 0.25) is 0 Å². The van der Waals surface area contributed by atoms with Crippen molar-refractivity contribution in [2.24, 2.45) is 0 Å². The van der Waals surface area contributed by atoms with Gasteiger partial charge in [-0.2, -0.15) is 0 Å². The van der Waals surface area contributed by atoms with Crippen molar-refractivity contribution < 1.29 is 9.53 Å². The van der Waals surface area contributed by atoms with Crippen LogP contribution in [0.25, 0.3) is 16.3 Å². The Bertz CT molecular complexity index is 634. The number of nitrogens with zero attached hydrogens (tertiary/aromatic N) is 3. The Labute approximate surface area is 141 Å². The van der Waals surface area contributed by atoms with Gasteiger partial charge in [0.1, 0.15) is 5.01 Å². The maximum atomic E-state index is 12.4. The van der Waals surface area contributed by atoms with Gasteiger partial charge in [0.2, 0.25) is 5.91 Å². The van der Waals surface area contributed by atoms with Crippen molar-refractivity contribution in [3.63, 3.8) is 0 Å². The highest BCUT2D eigenvalue weighted by Crippen LogP contribution is 2.22. The largest absolute Gasteiger partial charge is 0.383 e. The molecule has 0 aliphatic heterocycles. The average Bonchev–Trinajstić information content (AvgIpc) is 2.95. The van der Waals surface area contributed by atoms with Crippen LogP contribution in [0.15, 0.2) is 30.3 Å². The molecule has 0 atom stereocenters. The van der Waals surface area contributed by atoms with Crippen LogP contribution >= 0.6 is 11.3 Å². The van der Waals surface area contributed by atoms with E-state index in [1.807, 2.05) is 38.4 Å². The molecule has 0 bridgehead atoms. The fourth-order valence-corrected chi connectivity index (χ4v) is 2.93. The number of fused-ring (bicyclic) bond motifs is 1. The standard InChI is InChI=1S/C17H23N3O2S/c1-19(2)10-11-20(12-13-22-3)17(21)9-8-16-18-14-6-4-5-7-15(14)23-16/h4-9H,10-13H2,1-3H3. The lowest BCUT2D eigenvalue weighted by Gasteiger charge is -2.22. The second-order valence-corrected chi connectivity index (χ2v) is 6.54. The smallest absolute Gasteiger partial charge is 0.246 e. The van der Waals surface area contributed by atoms with Gasteiger partial charge in [0, 0.05) is 32.8 Å². The summed E-state index contributed by atoms with van der Waals surface area (Å²) >= 11 is 1.59. The number of likely N-dealkylation sites (N-methyl/N-ethyl adjacent to an activating group) is 1. The zero-order valence-electron chi connectivity index (χ0n) is 13.9. The van der Waals surface area contributed by atoms with Gasteiger partial charge in [-0.15, -0.1) is 11.3 Å². The fourth-order valence-electron chi connectivity index (χ4n) is 2.06. The monoisotopic (exact) mass is 333 g/mol. The molecular weight excluding hydrogens is 310 g/mol. The number of hydrogen-bond donors (Lipinski definition) is 0. The lowest BCUT2D eigenvalue weighted by atomic mass is 10.3. The van der Waals surface area contributed by atoms with Crippen LogP contribution in [0.5, 0.6) is 0 Å². The molecule has 0 radical (unpaired) electrons. The lowest BCUT2D eigenvalue weighted by molar-refractivity contribution is -0.126. The predicted molar refractivity (Wildman–Crippen MR) is 95.7 cm³/mol. The minimum absolute atomic E-state index is 0.0110. The van der Waals surface area contributed by atoms with E-state index in [2.05, 4.69) is 9.88 Å². The third-order valence-corrected chi connectivity index (χ3v) is 4.37. The Hall–Kier alpha value is -1.76. The van der Waals surface area contributed by atoms with E-state index in [1.54, 1.807) is 35.5 Å². The quantitative estimate of drug-likeness (QED) is 0.696. The van der Waals surface area contributed by atoms with Gasteiger partial charge < -0.3 is 14.5 Å². The van der Waals surface area contributed by atoms with E-state index in [0.29, 0.717) is 19.7 Å². The van der Waals surface area contributed by atoms with E-state index in [1.165, 1.54) is 0 Å². The van der Waals surface area contributed by atoms with Crippen LogP contribution in [-0.2, 0) is 9.53 Å². The van der Waals surface area contributed by atoms with Crippen molar-refractivity contribution >= 4 is 33.5 Å². The Morgan fingerprint density at radius 3 is 2.74 bits per heavy atom. The first-order valence-corrected chi connectivity index (χ1v) is 8.38. The number of ether oxygens (including phenoxy) is 1. The number of methoxy groups -OCH3 is 1. The summed E-state index contributed by atoms with van der Waals surface area (Å²) in [6.45, 7) is 2.63. The Morgan fingerprint density at radius 2 is 2.04 bits per heavy atom. The summed E-state index contributed by atoms with van der Waals surface area (Å²) in [7, 11) is 5.64. The molecule has 0 aliphatic carbocycles. The molecule has 23 heavy (non-hydrogen) atoms. The van der Waals surface area contributed by atoms with Gasteiger partial charge >= 0.3 is 0 Å². The molecule has 6 heteroatoms. The van der Waals surface area contributed by atoms with Gasteiger partial charge in [-0.3, -0.25) is 4.79 Å². The number of benzene rings is 1. The number of carbonyl (C=O) groups is 1. The van der Waals surface area contributed by atoms with Crippen molar-refractivity contribution in [1.29, 1.82) is 0 Å². The Balaban J connectivity index is 2.03. The Kier molecular flexibility index (Phi) is 6.70. The highest BCUT2D eigenvalue weighted by atomic mass is 32.1. The SMILES string of the molecule is COCCN(CCN(C)C)C(=O)C=Cc1nc2ccccc2s1. The van der Waals surface area contributed by atoms with Crippen molar-refractivity contribution in [2.75, 3.05) is 47.4 Å². The molecule has 0 aliphatic rings. The Morgan fingerprint density at radius 1 is 1.26 bits per heavy atom. The molecule has 1 heterocycles. The summed E-state index contributed by atoms with van der Waals surface area (Å²) in [5, 5.41) is 0.846. The van der Waals surface area contributed by atoms with Crippen LogP contribution < -0.4 is 0 Å². The summed E-state index contributed by atoms with van der Waals surface area (Å²) in [6.07, 6.45) is 3.39. The van der Waals surface area contributed by atoms with Gasteiger partial charge in [-0.05, 0) is 32.3 Å². The molecule has 0 spiro atoms. The van der Waals surface area contributed by atoms with Crippen molar-refractivity contribution in [3.8, 4) is 0 Å². The number of para-hydroxylation sites is 1. The minimum Gasteiger partial charge on any atom is -0.383 e. The van der Waals surface area contributed by atoms with Crippen LogP contribution in [0, 0.1) is 0 Å². The molecular formula is C17H23N3O2S. The molecule has 1 aromatic carbocycles. The minimum atomic E-state index is -0.0110. The molecule has 2 aromatic rings. The molecule has 5 nitrogen and oxygen atoms in total. The topological polar surface area (TPSA) is 45.7 Å². The van der Waals surface area contributed by atoms with Crippen LogP contribution in [0.1, 0.15) is 5.01 Å². The van der Waals surface area contributed by atoms with Crippen LogP contribution in [-0.4, -0.2) is 68.1 Å². The first kappa shape index (κ1) is 17.6. The highest BCUT2D eigenvalue weighted by molar-refractivity contribution is 7.19. The number of aromatic nitrogens is 1. The third-order valence-electron chi connectivity index (χ3n) is 3.37. The second kappa shape index (κ2) is 8.76. The second-order valence-electron chi connectivity index (χ2n) is 5.47. The molecule has 124 valence electrons.